The van der Waals surface area contributed by atoms with Crippen molar-refractivity contribution in [2.24, 2.45) is 5.11 Å². The first-order valence-corrected chi connectivity index (χ1v) is 6.53. The molecule has 2 aromatic carbocycles. The van der Waals surface area contributed by atoms with Crippen molar-refractivity contribution in [2.45, 2.75) is 25.3 Å². The lowest BCUT2D eigenvalue weighted by Gasteiger charge is -2.11. The second-order valence-electron chi connectivity index (χ2n) is 4.51. The van der Waals surface area contributed by atoms with E-state index in [1.54, 1.807) is 0 Å². The van der Waals surface area contributed by atoms with E-state index in [1.165, 1.54) is 5.56 Å². The number of benzene rings is 2. The SMILES string of the molecule is [N-]=[N+]=NC(CCCc1ccccc1)c1ccccc1. The Hall–Kier alpha value is -2.25. The summed E-state index contributed by atoms with van der Waals surface area (Å²) in [6.07, 6.45) is 2.91. The third-order valence-corrected chi connectivity index (χ3v) is 3.16. The van der Waals surface area contributed by atoms with Crippen LogP contribution in [-0.4, -0.2) is 0 Å². The monoisotopic (exact) mass is 251 g/mol. The van der Waals surface area contributed by atoms with Crippen molar-refractivity contribution in [1.82, 2.24) is 0 Å². The number of rotatable bonds is 6. The van der Waals surface area contributed by atoms with Crippen molar-refractivity contribution in [3.05, 3.63) is 82.2 Å². The first kappa shape index (κ1) is 13.2. The average Bonchev–Trinajstić information content (AvgIpc) is 2.48. The summed E-state index contributed by atoms with van der Waals surface area (Å²) < 4.78 is 0. The van der Waals surface area contributed by atoms with Gasteiger partial charge in [-0.1, -0.05) is 65.8 Å². The van der Waals surface area contributed by atoms with E-state index in [1.807, 2.05) is 36.4 Å². The van der Waals surface area contributed by atoms with E-state index in [0.717, 1.165) is 24.8 Å². The van der Waals surface area contributed by atoms with Crippen molar-refractivity contribution in [1.29, 1.82) is 0 Å². The molecule has 3 heteroatoms. The maximum absolute atomic E-state index is 8.67. The Morgan fingerprint density at radius 3 is 2.21 bits per heavy atom. The van der Waals surface area contributed by atoms with Crippen LogP contribution in [0.4, 0.5) is 0 Å². The first-order valence-electron chi connectivity index (χ1n) is 6.53. The summed E-state index contributed by atoms with van der Waals surface area (Å²) in [5, 5.41) is 3.91. The molecule has 0 saturated heterocycles. The molecule has 0 fully saturated rings. The maximum Gasteiger partial charge on any atom is 0.0625 e. The molecular formula is C16H17N3. The molecule has 0 spiro atoms. The van der Waals surface area contributed by atoms with Crippen molar-refractivity contribution < 1.29 is 0 Å². The second kappa shape index (κ2) is 7.24. The molecule has 0 saturated carbocycles. The third-order valence-electron chi connectivity index (χ3n) is 3.16. The molecule has 0 heterocycles. The minimum absolute atomic E-state index is 0.0603. The van der Waals surface area contributed by atoms with Crippen LogP contribution in [-0.2, 0) is 6.42 Å². The smallest absolute Gasteiger partial charge is 0.0625 e. The molecule has 2 rings (SSSR count). The van der Waals surface area contributed by atoms with E-state index < -0.39 is 0 Å². The Morgan fingerprint density at radius 1 is 0.947 bits per heavy atom. The Morgan fingerprint density at radius 2 is 1.58 bits per heavy atom. The van der Waals surface area contributed by atoms with Crippen molar-refractivity contribution in [3.8, 4) is 0 Å². The molecule has 96 valence electrons. The summed E-state index contributed by atoms with van der Waals surface area (Å²) in [6.45, 7) is 0. The highest BCUT2D eigenvalue weighted by Crippen LogP contribution is 2.23. The molecular weight excluding hydrogens is 234 g/mol. The van der Waals surface area contributed by atoms with Crippen LogP contribution >= 0.6 is 0 Å². The van der Waals surface area contributed by atoms with Gasteiger partial charge in [-0.2, -0.15) is 0 Å². The molecule has 0 amide bonds. The van der Waals surface area contributed by atoms with Crippen LogP contribution in [0.1, 0.15) is 30.0 Å². The summed E-state index contributed by atoms with van der Waals surface area (Å²) in [4.78, 5) is 2.96. The predicted molar refractivity (Wildman–Crippen MR) is 77.7 cm³/mol. The standard InChI is InChI=1S/C16H17N3/c17-19-18-16(15-11-5-2-6-12-15)13-7-10-14-8-3-1-4-9-14/h1-6,8-9,11-12,16H,7,10,13H2. The van der Waals surface area contributed by atoms with Crippen molar-refractivity contribution >= 4 is 0 Å². The molecule has 19 heavy (non-hydrogen) atoms. The van der Waals surface area contributed by atoms with Gasteiger partial charge in [0.05, 0.1) is 6.04 Å². The Kier molecular flexibility index (Phi) is 5.03. The number of aryl methyl sites for hydroxylation is 1. The molecule has 0 aliphatic rings. The van der Waals surface area contributed by atoms with Crippen LogP contribution in [0.2, 0.25) is 0 Å². The number of azide groups is 1. The van der Waals surface area contributed by atoms with Gasteiger partial charge in [0.15, 0.2) is 0 Å². The topological polar surface area (TPSA) is 48.8 Å². The van der Waals surface area contributed by atoms with E-state index in [-0.39, 0.29) is 6.04 Å². The second-order valence-corrected chi connectivity index (χ2v) is 4.51. The first-order chi connectivity index (χ1) is 9.40. The van der Waals surface area contributed by atoms with Crippen LogP contribution in [0.5, 0.6) is 0 Å². The molecule has 3 nitrogen and oxygen atoms in total. The Bertz CT molecular complexity index is 530. The lowest BCUT2D eigenvalue weighted by molar-refractivity contribution is 0.608. The zero-order valence-electron chi connectivity index (χ0n) is 10.8. The highest BCUT2D eigenvalue weighted by atomic mass is 15.1. The summed E-state index contributed by atoms with van der Waals surface area (Å²) >= 11 is 0. The molecule has 0 bridgehead atoms. The Labute approximate surface area is 113 Å². The average molecular weight is 251 g/mol. The van der Waals surface area contributed by atoms with Gasteiger partial charge in [-0.05, 0) is 35.9 Å². The van der Waals surface area contributed by atoms with Crippen LogP contribution in [0.3, 0.4) is 0 Å². The molecule has 0 aliphatic carbocycles. The largest absolute Gasteiger partial charge is 0.0859 e. The van der Waals surface area contributed by atoms with E-state index in [4.69, 9.17) is 5.53 Å². The zero-order chi connectivity index (χ0) is 13.3. The summed E-state index contributed by atoms with van der Waals surface area (Å²) in [6, 6.07) is 20.3. The highest BCUT2D eigenvalue weighted by Gasteiger charge is 2.08. The summed E-state index contributed by atoms with van der Waals surface area (Å²) in [7, 11) is 0. The van der Waals surface area contributed by atoms with Gasteiger partial charge in [0.25, 0.3) is 0 Å². The quantitative estimate of drug-likeness (QED) is 0.391. The van der Waals surface area contributed by atoms with Gasteiger partial charge in [0, 0.05) is 4.91 Å². The Balaban J connectivity index is 1.93. The fourth-order valence-electron chi connectivity index (χ4n) is 2.17. The lowest BCUT2D eigenvalue weighted by atomic mass is 10.00. The van der Waals surface area contributed by atoms with Crippen molar-refractivity contribution in [3.63, 3.8) is 0 Å². The van der Waals surface area contributed by atoms with Gasteiger partial charge in [-0.15, -0.1) is 0 Å². The minimum Gasteiger partial charge on any atom is -0.0859 e. The summed E-state index contributed by atoms with van der Waals surface area (Å²) in [5.74, 6) is 0. The fraction of sp³-hybridized carbons (Fsp3) is 0.250. The zero-order valence-corrected chi connectivity index (χ0v) is 10.8. The molecule has 1 unspecified atom stereocenters. The maximum atomic E-state index is 8.67. The third kappa shape index (κ3) is 4.16. The summed E-state index contributed by atoms with van der Waals surface area (Å²) in [5.41, 5.74) is 11.1. The van der Waals surface area contributed by atoms with Crippen LogP contribution in [0.25, 0.3) is 10.4 Å². The minimum atomic E-state index is -0.0603. The van der Waals surface area contributed by atoms with Crippen LogP contribution < -0.4 is 0 Å². The van der Waals surface area contributed by atoms with Gasteiger partial charge in [0.2, 0.25) is 0 Å². The van der Waals surface area contributed by atoms with Gasteiger partial charge in [0.1, 0.15) is 0 Å². The molecule has 2 aromatic rings. The van der Waals surface area contributed by atoms with Crippen LogP contribution in [0, 0.1) is 0 Å². The fourth-order valence-corrected chi connectivity index (χ4v) is 2.17. The van der Waals surface area contributed by atoms with Gasteiger partial charge in [-0.25, -0.2) is 0 Å². The molecule has 1 atom stereocenters. The number of hydrogen-bond donors (Lipinski definition) is 0. The molecule has 0 aliphatic heterocycles. The molecule has 0 radical (unpaired) electrons. The molecule has 0 N–H and O–H groups in total. The molecule has 0 aromatic heterocycles. The number of nitrogens with zero attached hydrogens (tertiary/aromatic N) is 3. The normalized spacial score (nSPS) is 11.6. The van der Waals surface area contributed by atoms with E-state index in [0.29, 0.717) is 0 Å². The lowest BCUT2D eigenvalue weighted by Crippen LogP contribution is -1.96. The predicted octanol–water partition coefficient (Wildman–Crippen LogP) is 5.06. The van der Waals surface area contributed by atoms with Gasteiger partial charge >= 0.3 is 0 Å². The van der Waals surface area contributed by atoms with Gasteiger partial charge < -0.3 is 0 Å². The van der Waals surface area contributed by atoms with E-state index >= 15 is 0 Å². The highest BCUT2D eigenvalue weighted by molar-refractivity contribution is 5.19. The van der Waals surface area contributed by atoms with Crippen molar-refractivity contribution in [2.75, 3.05) is 0 Å². The van der Waals surface area contributed by atoms with Crippen LogP contribution in [0.15, 0.2) is 65.8 Å². The number of hydrogen-bond acceptors (Lipinski definition) is 1. The van der Waals surface area contributed by atoms with E-state index in [2.05, 4.69) is 34.3 Å². The van der Waals surface area contributed by atoms with E-state index in [9.17, 15) is 0 Å². The van der Waals surface area contributed by atoms with Gasteiger partial charge in [-0.3, -0.25) is 0 Å².